The first-order valence-electron chi connectivity index (χ1n) is 5.31. The van der Waals surface area contributed by atoms with Gasteiger partial charge in [0, 0.05) is 18.4 Å². The number of nitrogens with zero attached hydrogens (tertiary/aromatic N) is 1. The molecule has 2 aliphatic heterocycles. The summed E-state index contributed by atoms with van der Waals surface area (Å²) >= 11 is 0. The minimum Gasteiger partial charge on any atom is -0.399 e. The Morgan fingerprint density at radius 2 is 2.00 bits per heavy atom. The van der Waals surface area contributed by atoms with Crippen molar-refractivity contribution in [3.8, 4) is 0 Å². The Morgan fingerprint density at radius 3 is 2.75 bits per heavy atom. The molecule has 0 aromatic heterocycles. The van der Waals surface area contributed by atoms with Crippen molar-refractivity contribution in [1.29, 1.82) is 0 Å². The third-order valence-corrected chi connectivity index (χ3v) is 2.77. The summed E-state index contributed by atoms with van der Waals surface area (Å²) in [4.78, 5) is 2.19. The normalized spacial score (nSPS) is 17.6. The van der Waals surface area contributed by atoms with Gasteiger partial charge in [0.1, 0.15) is 5.82 Å². The Kier molecular flexibility index (Phi) is 1.96. The second-order valence-corrected chi connectivity index (χ2v) is 3.92. The van der Waals surface area contributed by atoms with Gasteiger partial charge in [0.15, 0.2) is 0 Å². The van der Waals surface area contributed by atoms with Crippen LogP contribution in [0.25, 0.3) is 5.70 Å². The molecular weight excluding hydrogens is 198 g/mol. The van der Waals surface area contributed by atoms with Crippen LogP contribution in [0.3, 0.4) is 0 Å². The van der Waals surface area contributed by atoms with Crippen molar-refractivity contribution in [2.45, 2.75) is 0 Å². The summed E-state index contributed by atoms with van der Waals surface area (Å²) in [7, 11) is 0. The summed E-state index contributed by atoms with van der Waals surface area (Å²) in [5.74, 6) is 1.13. The number of hydrogen-bond acceptors (Lipinski definition) is 3. The van der Waals surface area contributed by atoms with Crippen molar-refractivity contribution in [2.24, 2.45) is 0 Å². The molecular formula is C13H13N3. The lowest BCUT2D eigenvalue weighted by Crippen LogP contribution is -2.20. The van der Waals surface area contributed by atoms with Crippen molar-refractivity contribution >= 4 is 11.4 Å². The lowest BCUT2D eigenvalue weighted by atomic mass is 10.1. The summed E-state index contributed by atoms with van der Waals surface area (Å²) in [5, 5.41) is 3.38. The molecule has 1 aromatic carbocycles. The van der Waals surface area contributed by atoms with Crippen molar-refractivity contribution < 1.29 is 0 Å². The van der Waals surface area contributed by atoms with Gasteiger partial charge < -0.3 is 16.0 Å². The zero-order chi connectivity index (χ0) is 11.0. The maximum absolute atomic E-state index is 5.67. The van der Waals surface area contributed by atoms with E-state index in [2.05, 4.69) is 34.6 Å². The number of hydrogen-bond donors (Lipinski definition) is 2. The number of nitrogens with two attached hydrogens (primary N) is 1. The van der Waals surface area contributed by atoms with Crippen LogP contribution in [0.15, 0.2) is 54.5 Å². The van der Waals surface area contributed by atoms with E-state index in [0.29, 0.717) is 0 Å². The van der Waals surface area contributed by atoms with Gasteiger partial charge in [-0.3, -0.25) is 0 Å². The predicted molar refractivity (Wildman–Crippen MR) is 65.9 cm³/mol. The SMILES string of the molecule is Nc1ccc(C2=CN3CC=CC=C3N2)cc1. The molecule has 3 rings (SSSR count). The third-order valence-electron chi connectivity index (χ3n) is 2.77. The van der Waals surface area contributed by atoms with Gasteiger partial charge in [-0.25, -0.2) is 0 Å². The number of rotatable bonds is 1. The molecule has 3 heteroatoms. The van der Waals surface area contributed by atoms with Crippen molar-refractivity contribution in [3.05, 3.63) is 60.1 Å². The molecule has 0 aliphatic carbocycles. The average Bonchev–Trinajstić information content (AvgIpc) is 2.73. The van der Waals surface area contributed by atoms with Crippen LogP contribution in [0.5, 0.6) is 0 Å². The minimum absolute atomic E-state index is 0.793. The number of anilines is 1. The molecule has 2 aliphatic rings. The molecule has 80 valence electrons. The average molecular weight is 211 g/mol. The van der Waals surface area contributed by atoms with E-state index < -0.39 is 0 Å². The van der Waals surface area contributed by atoms with Gasteiger partial charge in [-0.05, 0) is 23.8 Å². The fourth-order valence-electron chi connectivity index (χ4n) is 1.90. The van der Waals surface area contributed by atoms with Crippen LogP contribution in [-0.4, -0.2) is 11.4 Å². The summed E-state index contributed by atoms with van der Waals surface area (Å²) in [6.07, 6.45) is 8.40. The summed E-state index contributed by atoms with van der Waals surface area (Å²) < 4.78 is 0. The summed E-state index contributed by atoms with van der Waals surface area (Å²) in [6, 6.07) is 7.89. The Balaban J connectivity index is 1.90. The number of nitrogens with one attached hydrogen (secondary N) is 1. The van der Waals surface area contributed by atoms with Gasteiger partial charge in [-0.2, -0.15) is 0 Å². The molecule has 3 nitrogen and oxygen atoms in total. The summed E-state index contributed by atoms with van der Waals surface area (Å²) in [6.45, 7) is 0.928. The highest BCUT2D eigenvalue weighted by atomic mass is 15.3. The van der Waals surface area contributed by atoms with Crippen LogP contribution in [0, 0.1) is 0 Å². The van der Waals surface area contributed by atoms with Crippen molar-refractivity contribution in [2.75, 3.05) is 12.3 Å². The number of fused-ring (bicyclic) bond motifs is 1. The van der Waals surface area contributed by atoms with Gasteiger partial charge in [0.05, 0.1) is 5.70 Å². The van der Waals surface area contributed by atoms with Gasteiger partial charge in [0.25, 0.3) is 0 Å². The van der Waals surface area contributed by atoms with Crippen LogP contribution in [-0.2, 0) is 0 Å². The summed E-state index contributed by atoms with van der Waals surface area (Å²) in [5.41, 5.74) is 8.74. The maximum Gasteiger partial charge on any atom is 0.110 e. The quantitative estimate of drug-likeness (QED) is 0.697. The fraction of sp³-hybridized carbons (Fsp3) is 0.0769. The molecule has 0 saturated carbocycles. The van der Waals surface area contributed by atoms with Crippen LogP contribution in [0.1, 0.15) is 5.56 Å². The highest BCUT2D eigenvalue weighted by Gasteiger charge is 2.18. The Morgan fingerprint density at radius 1 is 1.19 bits per heavy atom. The van der Waals surface area contributed by atoms with E-state index in [4.69, 9.17) is 5.73 Å². The van der Waals surface area contributed by atoms with Gasteiger partial charge in [0.2, 0.25) is 0 Å². The smallest absolute Gasteiger partial charge is 0.110 e. The lowest BCUT2D eigenvalue weighted by molar-refractivity contribution is 0.513. The zero-order valence-electron chi connectivity index (χ0n) is 8.85. The number of nitrogen functional groups attached to an aromatic ring is 1. The maximum atomic E-state index is 5.67. The van der Waals surface area contributed by atoms with E-state index in [1.54, 1.807) is 0 Å². The van der Waals surface area contributed by atoms with E-state index in [1.807, 2.05) is 24.3 Å². The first-order valence-corrected chi connectivity index (χ1v) is 5.31. The van der Waals surface area contributed by atoms with E-state index in [1.165, 1.54) is 0 Å². The zero-order valence-corrected chi connectivity index (χ0v) is 8.85. The van der Waals surface area contributed by atoms with Crippen LogP contribution in [0.2, 0.25) is 0 Å². The van der Waals surface area contributed by atoms with E-state index in [9.17, 15) is 0 Å². The van der Waals surface area contributed by atoms with Gasteiger partial charge in [-0.1, -0.05) is 24.3 Å². The van der Waals surface area contributed by atoms with Crippen LogP contribution >= 0.6 is 0 Å². The standard InChI is InChI=1S/C13H13N3/c14-11-6-4-10(5-7-11)12-9-16-8-2-1-3-13(16)15-12/h1-7,9,15H,8,14H2. The number of benzene rings is 1. The van der Waals surface area contributed by atoms with Gasteiger partial charge >= 0.3 is 0 Å². The predicted octanol–water partition coefficient (Wildman–Crippen LogP) is 1.88. The molecule has 0 radical (unpaired) electrons. The lowest BCUT2D eigenvalue weighted by Gasteiger charge is -2.17. The topological polar surface area (TPSA) is 41.3 Å². The molecule has 16 heavy (non-hydrogen) atoms. The molecule has 0 amide bonds. The third kappa shape index (κ3) is 1.46. The molecule has 0 unspecified atom stereocenters. The number of allylic oxidation sites excluding steroid dienone is 2. The first-order chi connectivity index (χ1) is 7.83. The van der Waals surface area contributed by atoms with Crippen molar-refractivity contribution in [1.82, 2.24) is 10.2 Å². The van der Waals surface area contributed by atoms with E-state index in [0.717, 1.165) is 29.3 Å². The first kappa shape index (κ1) is 9.09. The van der Waals surface area contributed by atoms with Crippen molar-refractivity contribution in [3.63, 3.8) is 0 Å². The van der Waals surface area contributed by atoms with Crippen LogP contribution < -0.4 is 11.1 Å². The van der Waals surface area contributed by atoms with Gasteiger partial charge in [-0.15, -0.1) is 0 Å². The molecule has 0 saturated heterocycles. The molecule has 0 fully saturated rings. The van der Waals surface area contributed by atoms with E-state index in [-0.39, 0.29) is 0 Å². The molecule has 0 bridgehead atoms. The highest BCUT2D eigenvalue weighted by molar-refractivity contribution is 5.69. The monoisotopic (exact) mass is 211 g/mol. The molecule has 3 N–H and O–H groups in total. The molecule has 2 heterocycles. The molecule has 0 spiro atoms. The minimum atomic E-state index is 0.793. The Bertz CT molecular complexity index is 494. The fourth-order valence-corrected chi connectivity index (χ4v) is 1.90. The Labute approximate surface area is 94.6 Å². The highest BCUT2D eigenvalue weighted by Crippen LogP contribution is 2.24. The second-order valence-electron chi connectivity index (χ2n) is 3.92. The van der Waals surface area contributed by atoms with Crippen LogP contribution in [0.4, 0.5) is 5.69 Å². The largest absolute Gasteiger partial charge is 0.399 e. The molecule has 0 atom stereocenters. The molecule has 1 aromatic rings. The van der Waals surface area contributed by atoms with E-state index >= 15 is 0 Å². The Hall–Kier alpha value is -2.16. The second kappa shape index (κ2) is 3.45.